The lowest BCUT2D eigenvalue weighted by Crippen LogP contribution is -2.76. The molecule has 0 aliphatic carbocycles. The number of hydrogen-bond donors (Lipinski definition) is 2. The number of aliphatic hydroxyl groups is 1. The first-order chi connectivity index (χ1) is 19.6. The third-order valence-electron chi connectivity index (χ3n) is 8.16. The molecule has 1 amide bonds. The number of amides is 1. The molecule has 224 valence electrons. The number of carbonyl (C=O) groups excluding carboxylic acids is 1. The van der Waals surface area contributed by atoms with E-state index in [0.717, 1.165) is 14.9 Å². The van der Waals surface area contributed by atoms with Gasteiger partial charge in [-0.15, -0.1) is 0 Å². The standard InChI is InChI=1S/C29H32F3N3O6Si/c1-18-15-34(26(39)33-23(18)37)24-21(36)22-28(41-24,16-35(22)25(38)29(30,31)32)17-40-42(27(2,3)4,19-11-7-5-8-12-19)20-13-9-6-10-14-20/h5-15,21-22,24,36H,16-17H2,1-4H3,(H,33,37,39)/t21-,22?,24-,28-/m1/s1. The molecule has 42 heavy (non-hydrogen) atoms. The summed E-state index contributed by atoms with van der Waals surface area (Å²) in [5, 5.41) is 12.7. The summed E-state index contributed by atoms with van der Waals surface area (Å²) in [5.41, 5.74) is -3.00. The molecule has 5 rings (SSSR count). The van der Waals surface area contributed by atoms with Crippen molar-refractivity contribution in [2.24, 2.45) is 0 Å². The third-order valence-corrected chi connectivity index (χ3v) is 13.1. The van der Waals surface area contributed by atoms with Crippen LogP contribution in [0.2, 0.25) is 5.04 Å². The van der Waals surface area contributed by atoms with Crippen LogP contribution in [0.3, 0.4) is 0 Å². The minimum absolute atomic E-state index is 0.130. The third kappa shape index (κ3) is 4.73. The number of aromatic nitrogens is 2. The van der Waals surface area contributed by atoms with Gasteiger partial charge in [-0.25, -0.2) is 4.79 Å². The molecule has 2 saturated heterocycles. The molecule has 2 aliphatic rings. The van der Waals surface area contributed by atoms with E-state index in [1.54, 1.807) is 0 Å². The van der Waals surface area contributed by atoms with Crippen molar-refractivity contribution >= 4 is 24.6 Å². The summed E-state index contributed by atoms with van der Waals surface area (Å²) in [5.74, 6) is -2.12. The minimum atomic E-state index is -5.19. The topological polar surface area (TPSA) is 114 Å². The van der Waals surface area contributed by atoms with Gasteiger partial charge in [0.25, 0.3) is 13.9 Å². The van der Waals surface area contributed by atoms with Crippen LogP contribution in [0, 0.1) is 6.92 Å². The Labute approximate surface area is 240 Å². The molecule has 2 aromatic carbocycles. The van der Waals surface area contributed by atoms with Gasteiger partial charge in [0.2, 0.25) is 0 Å². The van der Waals surface area contributed by atoms with E-state index >= 15 is 0 Å². The molecule has 1 unspecified atom stereocenters. The normalized spacial score (nSPS) is 24.3. The number of rotatable bonds is 6. The number of ether oxygens (including phenoxy) is 1. The smallest absolute Gasteiger partial charge is 0.404 e. The highest BCUT2D eigenvalue weighted by Gasteiger charge is 2.70. The second-order valence-corrected chi connectivity index (χ2v) is 16.2. The monoisotopic (exact) mass is 603 g/mol. The summed E-state index contributed by atoms with van der Waals surface area (Å²) in [6, 6.07) is 17.7. The summed E-state index contributed by atoms with van der Waals surface area (Å²) >= 11 is 0. The second-order valence-electron chi connectivity index (χ2n) is 11.9. The number of H-pyrrole nitrogens is 1. The maximum atomic E-state index is 13.6. The zero-order chi connectivity index (χ0) is 30.7. The van der Waals surface area contributed by atoms with E-state index in [4.69, 9.17) is 9.16 Å². The summed E-state index contributed by atoms with van der Waals surface area (Å²) in [4.78, 5) is 39.7. The summed E-state index contributed by atoms with van der Waals surface area (Å²) in [6.45, 7) is 6.75. The number of halogens is 3. The highest BCUT2D eigenvalue weighted by Crippen LogP contribution is 2.49. The highest BCUT2D eigenvalue weighted by atomic mass is 28.4. The fourth-order valence-electron chi connectivity index (χ4n) is 6.23. The van der Waals surface area contributed by atoms with Crippen LogP contribution in [-0.4, -0.2) is 70.9 Å². The lowest BCUT2D eigenvalue weighted by Gasteiger charge is -2.54. The van der Waals surface area contributed by atoms with Crippen LogP contribution in [-0.2, 0) is 14.0 Å². The minimum Gasteiger partial charge on any atom is -0.404 e. The molecule has 1 aromatic heterocycles. The summed E-state index contributed by atoms with van der Waals surface area (Å²) in [6.07, 6.45) is -7.22. The van der Waals surface area contributed by atoms with Crippen molar-refractivity contribution in [3.63, 3.8) is 0 Å². The Morgan fingerprint density at radius 1 is 1.07 bits per heavy atom. The molecule has 9 nitrogen and oxygen atoms in total. The zero-order valence-electron chi connectivity index (χ0n) is 23.5. The number of likely N-dealkylation sites (tertiary alicyclic amines) is 1. The number of fused-ring (bicyclic) bond motifs is 1. The Morgan fingerprint density at radius 2 is 1.62 bits per heavy atom. The van der Waals surface area contributed by atoms with E-state index in [2.05, 4.69) is 4.98 Å². The van der Waals surface area contributed by atoms with E-state index in [1.165, 1.54) is 13.1 Å². The van der Waals surface area contributed by atoms with Crippen molar-refractivity contribution in [3.05, 3.63) is 93.3 Å². The molecule has 0 bridgehead atoms. The van der Waals surface area contributed by atoms with Crippen molar-refractivity contribution in [2.45, 2.75) is 62.9 Å². The van der Waals surface area contributed by atoms with Gasteiger partial charge >= 0.3 is 17.8 Å². The van der Waals surface area contributed by atoms with Crippen molar-refractivity contribution < 1.29 is 32.2 Å². The first kappa shape index (κ1) is 30.0. The van der Waals surface area contributed by atoms with Crippen molar-refractivity contribution in [1.29, 1.82) is 0 Å². The Hall–Kier alpha value is -3.52. The van der Waals surface area contributed by atoms with Crippen LogP contribution in [0.5, 0.6) is 0 Å². The van der Waals surface area contributed by atoms with Crippen molar-refractivity contribution in [2.75, 3.05) is 13.2 Å². The molecular formula is C29H32F3N3O6Si. The molecule has 2 N–H and O–H groups in total. The Kier molecular flexibility index (Phi) is 7.37. The predicted molar refractivity (Wildman–Crippen MR) is 150 cm³/mol. The number of alkyl halides is 3. The molecule has 3 aromatic rings. The Bertz CT molecular complexity index is 1550. The molecule has 13 heteroatoms. The molecular weight excluding hydrogens is 571 g/mol. The SMILES string of the molecule is Cc1cn([C@@H]2O[C@@]3(CO[Si](c4ccccc4)(c4ccccc4)C(C)(C)C)CN(C(=O)C(F)(F)F)C3[C@H]2O)c(=O)[nH]c1=O. The number of aromatic amines is 1. The number of benzene rings is 2. The average molecular weight is 604 g/mol. The number of nitrogens with zero attached hydrogens (tertiary/aromatic N) is 2. The van der Waals surface area contributed by atoms with Gasteiger partial charge < -0.3 is 19.2 Å². The molecule has 4 atom stereocenters. The quantitative estimate of drug-likeness (QED) is 0.416. The van der Waals surface area contributed by atoms with E-state index in [-0.39, 0.29) is 12.2 Å². The fourth-order valence-corrected chi connectivity index (χ4v) is 10.9. The Morgan fingerprint density at radius 3 is 2.12 bits per heavy atom. The summed E-state index contributed by atoms with van der Waals surface area (Å²) in [7, 11) is -3.20. The fraction of sp³-hybridized carbons (Fsp3) is 0.414. The van der Waals surface area contributed by atoms with E-state index < -0.39 is 67.2 Å². The van der Waals surface area contributed by atoms with Crippen LogP contribution in [0.1, 0.15) is 32.6 Å². The number of nitrogens with one attached hydrogen (secondary N) is 1. The molecule has 0 spiro atoms. The van der Waals surface area contributed by atoms with Gasteiger partial charge in [0.1, 0.15) is 11.7 Å². The van der Waals surface area contributed by atoms with Crippen LogP contribution in [0.4, 0.5) is 13.2 Å². The molecule has 2 fully saturated rings. The molecule has 3 heterocycles. The predicted octanol–water partition coefficient (Wildman–Crippen LogP) is 1.82. The van der Waals surface area contributed by atoms with E-state index in [0.29, 0.717) is 4.90 Å². The van der Waals surface area contributed by atoms with Crippen LogP contribution in [0.25, 0.3) is 0 Å². The van der Waals surface area contributed by atoms with Crippen LogP contribution < -0.4 is 21.6 Å². The highest BCUT2D eigenvalue weighted by molar-refractivity contribution is 6.99. The maximum absolute atomic E-state index is 13.6. The average Bonchev–Trinajstić information content (AvgIpc) is 3.12. The molecule has 0 radical (unpaired) electrons. The van der Waals surface area contributed by atoms with E-state index in [1.807, 2.05) is 81.4 Å². The zero-order valence-corrected chi connectivity index (χ0v) is 24.5. The van der Waals surface area contributed by atoms with Gasteiger partial charge in [-0.3, -0.25) is 19.1 Å². The first-order valence-electron chi connectivity index (χ1n) is 13.4. The lowest BCUT2D eigenvalue weighted by atomic mass is 9.82. The van der Waals surface area contributed by atoms with Crippen LogP contribution >= 0.6 is 0 Å². The van der Waals surface area contributed by atoms with Gasteiger partial charge in [-0.1, -0.05) is 81.4 Å². The number of carbonyl (C=O) groups is 1. The van der Waals surface area contributed by atoms with Gasteiger partial charge in [0.05, 0.1) is 19.2 Å². The summed E-state index contributed by atoms with van der Waals surface area (Å²) < 4.78 is 54.7. The number of hydrogen-bond acceptors (Lipinski definition) is 6. The maximum Gasteiger partial charge on any atom is 0.471 e. The lowest BCUT2D eigenvalue weighted by molar-refractivity contribution is -0.221. The Balaban J connectivity index is 1.60. The number of aliphatic hydroxyl groups excluding tert-OH is 1. The molecule has 2 aliphatic heterocycles. The van der Waals surface area contributed by atoms with Gasteiger partial charge in [0.15, 0.2) is 6.23 Å². The first-order valence-corrected chi connectivity index (χ1v) is 15.3. The van der Waals surface area contributed by atoms with E-state index in [9.17, 15) is 32.7 Å². The van der Waals surface area contributed by atoms with Crippen LogP contribution in [0.15, 0.2) is 76.4 Å². The van der Waals surface area contributed by atoms with Gasteiger partial charge in [-0.05, 0) is 22.3 Å². The van der Waals surface area contributed by atoms with Gasteiger partial charge in [0, 0.05) is 11.8 Å². The van der Waals surface area contributed by atoms with Crippen molar-refractivity contribution in [1.82, 2.24) is 14.5 Å². The second kappa shape index (κ2) is 10.3. The molecule has 0 saturated carbocycles. The van der Waals surface area contributed by atoms with Crippen molar-refractivity contribution in [3.8, 4) is 0 Å². The largest absolute Gasteiger partial charge is 0.471 e. The van der Waals surface area contributed by atoms with Gasteiger partial charge in [-0.2, -0.15) is 13.2 Å². The number of aryl methyl sites for hydroxylation is 1.